The first-order valence-electron chi connectivity index (χ1n) is 5.30. The van der Waals surface area contributed by atoms with Crippen LogP contribution in [0.5, 0.6) is 5.75 Å². The number of amides is 1. The highest BCUT2D eigenvalue weighted by atomic mass is 35.5. The standard InChI is InChI=1S/C12H18N2O2.ClH/c1-13-7-8-14-12(15)9-10-3-5-11(16-2)6-4-10;/h3-6,13H,7-9H2,1-2H3,(H,14,15);1H. The summed E-state index contributed by atoms with van der Waals surface area (Å²) in [5.41, 5.74) is 0.989. The predicted molar refractivity (Wildman–Crippen MR) is 70.9 cm³/mol. The Morgan fingerprint density at radius 2 is 1.88 bits per heavy atom. The number of benzene rings is 1. The van der Waals surface area contributed by atoms with Gasteiger partial charge >= 0.3 is 0 Å². The molecule has 0 aromatic heterocycles. The molecule has 0 heterocycles. The minimum atomic E-state index is 0. The summed E-state index contributed by atoms with van der Waals surface area (Å²) >= 11 is 0. The van der Waals surface area contributed by atoms with Gasteiger partial charge in [-0.3, -0.25) is 4.79 Å². The van der Waals surface area contributed by atoms with Crippen LogP contribution in [0.3, 0.4) is 0 Å². The van der Waals surface area contributed by atoms with Crippen LogP contribution in [0.4, 0.5) is 0 Å². The quantitative estimate of drug-likeness (QED) is 0.749. The molecule has 96 valence electrons. The molecule has 1 rings (SSSR count). The van der Waals surface area contributed by atoms with Gasteiger partial charge in [-0.1, -0.05) is 12.1 Å². The largest absolute Gasteiger partial charge is 0.497 e. The van der Waals surface area contributed by atoms with Crippen molar-refractivity contribution in [2.24, 2.45) is 0 Å². The zero-order chi connectivity index (χ0) is 11.8. The second-order valence-corrected chi connectivity index (χ2v) is 3.48. The molecule has 1 aromatic rings. The van der Waals surface area contributed by atoms with E-state index in [0.717, 1.165) is 17.9 Å². The van der Waals surface area contributed by atoms with E-state index in [1.54, 1.807) is 7.11 Å². The summed E-state index contributed by atoms with van der Waals surface area (Å²) in [5.74, 6) is 0.847. The Morgan fingerprint density at radius 1 is 1.24 bits per heavy atom. The lowest BCUT2D eigenvalue weighted by Gasteiger charge is -2.05. The average molecular weight is 259 g/mol. The summed E-state index contributed by atoms with van der Waals surface area (Å²) in [6, 6.07) is 7.51. The first kappa shape index (κ1) is 15.7. The van der Waals surface area contributed by atoms with Gasteiger partial charge in [0.05, 0.1) is 13.5 Å². The van der Waals surface area contributed by atoms with Crippen molar-refractivity contribution >= 4 is 18.3 Å². The van der Waals surface area contributed by atoms with Gasteiger partial charge in [0.1, 0.15) is 5.75 Å². The van der Waals surface area contributed by atoms with E-state index in [1.165, 1.54) is 0 Å². The molecule has 0 aliphatic rings. The van der Waals surface area contributed by atoms with Gasteiger partial charge in [0.25, 0.3) is 0 Å². The number of hydrogen-bond acceptors (Lipinski definition) is 3. The number of rotatable bonds is 6. The topological polar surface area (TPSA) is 50.4 Å². The van der Waals surface area contributed by atoms with Gasteiger partial charge in [0.2, 0.25) is 5.91 Å². The highest BCUT2D eigenvalue weighted by Crippen LogP contribution is 2.11. The number of halogens is 1. The fraction of sp³-hybridized carbons (Fsp3) is 0.417. The second-order valence-electron chi connectivity index (χ2n) is 3.48. The molecule has 1 aromatic carbocycles. The fourth-order valence-corrected chi connectivity index (χ4v) is 1.32. The van der Waals surface area contributed by atoms with Crippen LogP contribution in [0.1, 0.15) is 5.56 Å². The maximum absolute atomic E-state index is 11.5. The van der Waals surface area contributed by atoms with Gasteiger partial charge in [-0.2, -0.15) is 0 Å². The number of ether oxygens (including phenoxy) is 1. The minimum absolute atomic E-state index is 0. The molecule has 0 spiro atoms. The van der Waals surface area contributed by atoms with E-state index in [9.17, 15) is 4.79 Å². The van der Waals surface area contributed by atoms with Gasteiger partial charge in [-0.05, 0) is 24.7 Å². The highest BCUT2D eigenvalue weighted by molar-refractivity contribution is 5.85. The van der Waals surface area contributed by atoms with E-state index in [0.29, 0.717) is 13.0 Å². The third kappa shape index (κ3) is 6.14. The van der Waals surface area contributed by atoms with Crippen molar-refractivity contribution in [2.45, 2.75) is 6.42 Å². The molecule has 0 unspecified atom stereocenters. The molecule has 0 saturated carbocycles. The van der Waals surface area contributed by atoms with Crippen molar-refractivity contribution in [3.63, 3.8) is 0 Å². The van der Waals surface area contributed by atoms with Crippen LogP contribution in [0, 0.1) is 0 Å². The Bertz CT molecular complexity index is 328. The number of methoxy groups -OCH3 is 1. The normalized spacial score (nSPS) is 9.29. The lowest BCUT2D eigenvalue weighted by Crippen LogP contribution is -2.31. The number of carbonyl (C=O) groups excluding carboxylic acids is 1. The zero-order valence-electron chi connectivity index (χ0n) is 10.2. The Balaban J connectivity index is 0.00000256. The number of hydrogen-bond donors (Lipinski definition) is 2. The Labute approximate surface area is 108 Å². The monoisotopic (exact) mass is 258 g/mol. The summed E-state index contributed by atoms with van der Waals surface area (Å²) in [5, 5.41) is 5.80. The lowest BCUT2D eigenvalue weighted by molar-refractivity contribution is -0.120. The van der Waals surface area contributed by atoms with Crippen molar-refractivity contribution < 1.29 is 9.53 Å². The molecular weight excluding hydrogens is 240 g/mol. The van der Waals surface area contributed by atoms with Crippen LogP contribution in [0.25, 0.3) is 0 Å². The van der Waals surface area contributed by atoms with Gasteiger partial charge in [-0.15, -0.1) is 12.4 Å². The first-order valence-corrected chi connectivity index (χ1v) is 5.30. The number of carbonyl (C=O) groups is 1. The van der Waals surface area contributed by atoms with Gasteiger partial charge in [0, 0.05) is 13.1 Å². The van der Waals surface area contributed by atoms with E-state index in [1.807, 2.05) is 31.3 Å². The van der Waals surface area contributed by atoms with Crippen molar-refractivity contribution in [3.05, 3.63) is 29.8 Å². The maximum Gasteiger partial charge on any atom is 0.224 e. The highest BCUT2D eigenvalue weighted by Gasteiger charge is 2.02. The van der Waals surface area contributed by atoms with E-state index < -0.39 is 0 Å². The zero-order valence-corrected chi connectivity index (χ0v) is 11.0. The van der Waals surface area contributed by atoms with Crippen molar-refractivity contribution in [3.8, 4) is 5.75 Å². The molecule has 0 aliphatic carbocycles. The summed E-state index contributed by atoms with van der Waals surface area (Å²) in [6.07, 6.45) is 0.410. The van der Waals surface area contributed by atoms with Gasteiger partial charge in [0.15, 0.2) is 0 Å². The number of likely N-dealkylation sites (N-methyl/N-ethyl adjacent to an activating group) is 1. The SMILES string of the molecule is CNCCNC(=O)Cc1ccc(OC)cc1.Cl. The predicted octanol–water partition coefficient (Wildman–Crippen LogP) is 0.995. The summed E-state index contributed by atoms with van der Waals surface area (Å²) < 4.78 is 5.04. The molecule has 0 radical (unpaired) electrons. The van der Waals surface area contributed by atoms with Crippen LogP contribution >= 0.6 is 12.4 Å². The van der Waals surface area contributed by atoms with E-state index in [2.05, 4.69) is 10.6 Å². The Morgan fingerprint density at radius 3 is 2.41 bits per heavy atom. The molecule has 1 amide bonds. The van der Waals surface area contributed by atoms with E-state index in [4.69, 9.17) is 4.74 Å². The summed E-state index contributed by atoms with van der Waals surface area (Å²) in [7, 11) is 3.48. The molecule has 4 nitrogen and oxygen atoms in total. The van der Waals surface area contributed by atoms with E-state index in [-0.39, 0.29) is 18.3 Å². The van der Waals surface area contributed by atoms with Gasteiger partial charge in [-0.25, -0.2) is 0 Å². The third-order valence-electron chi connectivity index (χ3n) is 2.22. The first-order chi connectivity index (χ1) is 7.76. The molecule has 0 aliphatic heterocycles. The smallest absolute Gasteiger partial charge is 0.224 e. The second kappa shape index (κ2) is 8.84. The third-order valence-corrected chi connectivity index (χ3v) is 2.22. The molecule has 0 fully saturated rings. The molecule has 2 N–H and O–H groups in total. The van der Waals surface area contributed by atoms with Crippen molar-refractivity contribution in [2.75, 3.05) is 27.2 Å². The van der Waals surface area contributed by atoms with Crippen LogP contribution in [-0.4, -0.2) is 33.2 Å². The van der Waals surface area contributed by atoms with Crippen molar-refractivity contribution in [1.29, 1.82) is 0 Å². The summed E-state index contributed by atoms with van der Waals surface area (Å²) in [4.78, 5) is 11.5. The molecule has 5 heteroatoms. The Kier molecular flexibility index (Phi) is 8.19. The van der Waals surface area contributed by atoms with E-state index >= 15 is 0 Å². The Hall–Kier alpha value is -1.26. The summed E-state index contributed by atoms with van der Waals surface area (Å²) in [6.45, 7) is 1.44. The molecule has 0 atom stereocenters. The van der Waals surface area contributed by atoms with Gasteiger partial charge < -0.3 is 15.4 Å². The minimum Gasteiger partial charge on any atom is -0.497 e. The number of nitrogens with one attached hydrogen (secondary N) is 2. The fourth-order valence-electron chi connectivity index (χ4n) is 1.32. The van der Waals surface area contributed by atoms with Crippen LogP contribution < -0.4 is 15.4 Å². The lowest BCUT2D eigenvalue weighted by atomic mass is 10.1. The molecule has 0 saturated heterocycles. The molecular formula is C12H19ClN2O2. The van der Waals surface area contributed by atoms with Crippen LogP contribution in [0.2, 0.25) is 0 Å². The van der Waals surface area contributed by atoms with Crippen molar-refractivity contribution in [1.82, 2.24) is 10.6 Å². The van der Waals surface area contributed by atoms with Crippen LogP contribution in [0.15, 0.2) is 24.3 Å². The maximum atomic E-state index is 11.5. The molecule has 17 heavy (non-hydrogen) atoms. The van der Waals surface area contributed by atoms with Crippen LogP contribution in [-0.2, 0) is 11.2 Å². The molecule has 0 bridgehead atoms. The average Bonchev–Trinajstić information content (AvgIpc) is 2.30.